The molecule has 0 aromatic carbocycles. The van der Waals surface area contributed by atoms with Crippen LogP contribution in [0.4, 0.5) is 0 Å². The lowest BCUT2D eigenvalue weighted by molar-refractivity contribution is -0.143. The van der Waals surface area contributed by atoms with E-state index >= 15 is 0 Å². The molecule has 4 heteroatoms. The summed E-state index contributed by atoms with van der Waals surface area (Å²) in [5, 5.41) is 8.69. The van der Waals surface area contributed by atoms with Gasteiger partial charge in [0.1, 0.15) is 0 Å². The van der Waals surface area contributed by atoms with Crippen molar-refractivity contribution in [1.82, 2.24) is 0 Å². The van der Waals surface area contributed by atoms with Crippen molar-refractivity contribution in [3.05, 3.63) is 0 Å². The molecule has 0 radical (unpaired) electrons. The number of hydrogen-bond acceptors (Lipinski definition) is 4. The molecule has 0 N–H and O–H groups in total. The minimum atomic E-state index is -0.109. The predicted octanol–water partition coefficient (Wildman–Crippen LogP) is 4.24. The van der Waals surface area contributed by atoms with Crippen LogP contribution >= 0.6 is 0 Å². The lowest BCUT2D eigenvalue weighted by Gasteiger charge is -2.11. The number of nitrogens with zero attached hydrogens (tertiary/aromatic N) is 2. The summed E-state index contributed by atoms with van der Waals surface area (Å²) in [6.07, 6.45) is 3.17. The zero-order valence-corrected chi connectivity index (χ0v) is 13.9. The number of hydrogen-bond donors (Lipinski definition) is 0. The smallest absolute Gasteiger partial charge is 0.305 e. The van der Waals surface area contributed by atoms with Gasteiger partial charge in [0.2, 0.25) is 0 Å². The summed E-state index contributed by atoms with van der Waals surface area (Å²) in [5.74, 6) is 0.743. The normalized spacial score (nSPS) is 11.9. The maximum Gasteiger partial charge on any atom is 0.305 e. The molecule has 0 saturated carbocycles. The largest absolute Gasteiger partial charge is 0.466 e. The fraction of sp³-hybridized carbons (Fsp3) is 0.812. The third kappa shape index (κ3) is 8.83. The van der Waals surface area contributed by atoms with Crippen molar-refractivity contribution in [3.63, 3.8) is 0 Å². The average Bonchev–Trinajstić information content (AvgIpc) is 2.34. The van der Waals surface area contributed by atoms with Crippen LogP contribution in [0.2, 0.25) is 0 Å². The van der Waals surface area contributed by atoms with Gasteiger partial charge in [-0.3, -0.25) is 4.79 Å². The van der Waals surface area contributed by atoms with Crippen molar-refractivity contribution in [2.45, 2.75) is 67.2 Å². The van der Waals surface area contributed by atoms with Crippen LogP contribution in [0.1, 0.15) is 67.2 Å². The van der Waals surface area contributed by atoms with Crippen molar-refractivity contribution in [2.24, 2.45) is 22.0 Å². The van der Waals surface area contributed by atoms with E-state index in [1.807, 2.05) is 13.8 Å². The fourth-order valence-corrected chi connectivity index (χ4v) is 1.97. The zero-order valence-electron chi connectivity index (χ0n) is 13.9. The molecule has 0 unspecified atom stereocenters. The molecule has 0 aromatic heterocycles. The molecule has 0 aliphatic rings. The number of carbonyl (C=O) groups excluding carboxylic acids is 1. The Hall–Kier alpha value is -1.19. The molecule has 4 nitrogen and oxygen atoms in total. The van der Waals surface area contributed by atoms with Crippen LogP contribution in [0.5, 0.6) is 0 Å². The maximum absolute atomic E-state index is 11.2. The Bertz CT molecular complexity index is 334. The molecular formula is C16H30N2O2. The van der Waals surface area contributed by atoms with E-state index in [4.69, 9.17) is 4.74 Å². The SMILES string of the molecule is CCOC(=O)CCCC/C(C)=N\N=C(C(C)C)C(C)C. The van der Waals surface area contributed by atoms with Gasteiger partial charge in [-0.2, -0.15) is 10.2 Å². The van der Waals surface area contributed by atoms with Crippen molar-refractivity contribution in [3.8, 4) is 0 Å². The summed E-state index contributed by atoms with van der Waals surface area (Å²) in [6.45, 7) is 12.8. The third-order valence-corrected chi connectivity index (χ3v) is 2.99. The summed E-state index contributed by atoms with van der Waals surface area (Å²) < 4.78 is 4.89. The molecule has 0 fully saturated rings. The van der Waals surface area contributed by atoms with E-state index in [0.29, 0.717) is 24.9 Å². The van der Waals surface area contributed by atoms with Crippen LogP contribution in [0.3, 0.4) is 0 Å². The quantitative estimate of drug-likeness (QED) is 0.275. The van der Waals surface area contributed by atoms with E-state index in [-0.39, 0.29) is 5.97 Å². The molecule has 0 atom stereocenters. The van der Waals surface area contributed by atoms with Crippen molar-refractivity contribution in [1.29, 1.82) is 0 Å². The molecule has 0 amide bonds. The van der Waals surface area contributed by atoms with Crippen LogP contribution in [0, 0.1) is 11.8 Å². The molecular weight excluding hydrogens is 252 g/mol. The van der Waals surface area contributed by atoms with Crippen LogP contribution in [0.15, 0.2) is 10.2 Å². The van der Waals surface area contributed by atoms with Crippen LogP contribution < -0.4 is 0 Å². The van der Waals surface area contributed by atoms with Gasteiger partial charge >= 0.3 is 5.97 Å². The topological polar surface area (TPSA) is 51.0 Å². The minimum absolute atomic E-state index is 0.109. The summed E-state index contributed by atoms with van der Waals surface area (Å²) in [7, 11) is 0. The van der Waals surface area contributed by atoms with E-state index in [9.17, 15) is 4.79 Å². The molecule has 0 heterocycles. The van der Waals surface area contributed by atoms with Gasteiger partial charge in [0.05, 0.1) is 6.61 Å². The molecule has 0 aliphatic heterocycles. The molecule has 0 aliphatic carbocycles. The summed E-state index contributed by atoms with van der Waals surface area (Å²) in [4.78, 5) is 11.2. The first-order chi connectivity index (χ1) is 9.38. The third-order valence-electron chi connectivity index (χ3n) is 2.99. The van der Waals surface area contributed by atoms with Gasteiger partial charge in [-0.25, -0.2) is 0 Å². The van der Waals surface area contributed by atoms with E-state index < -0.39 is 0 Å². The standard InChI is InChI=1S/C16H30N2O2/c1-7-20-15(19)11-9-8-10-14(6)17-18-16(12(2)3)13(4)5/h12-13H,7-11H2,1-6H3/b17-14-. The first-order valence-corrected chi connectivity index (χ1v) is 7.65. The van der Waals surface area contributed by atoms with Crippen LogP contribution in [0.25, 0.3) is 0 Å². The number of carbonyl (C=O) groups is 1. The second-order valence-electron chi connectivity index (χ2n) is 5.68. The Kier molecular flexibility index (Phi) is 9.95. The van der Waals surface area contributed by atoms with Gasteiger partial charge in [0.15, 0.2) is 0 Å². The lowest BCUT2D eigenvalue weighted by Crippen LogP contribution is -2.14. The molecule has 0 spiro atoms. The summed E-state index contributed by atoms with van der Waals surface area (Å²) in [5.41, 5.74) is 2.16. The zero-order chi connectivity index (χ0) is 15.5. The minimum Gasteiger partial charge on any atom is -0.466 e. The molecule has 0 bridgehead atoms. The molecule has 0 rings (SSSR count). The second kappa shape index (κ2) is 10.6. The van der Waals surface area contributed by atoms with E-state index in [1.165, 1.54) is 0 Å². The first-order valence-electron chi connectivity index (χ1n) is 7.65. The summed E-state index contributed by atoms with van der Waals surface area (Å²) >= 11 is 0. The molecule has 0 saturated heterocycles. The highest BCUT2D eigenvalue weighted by molar-refractivity contribution is 5.89. The van der Waals surface area contributed by atoms with Crippen molar-refractivity contribution < 1.29 is 9.53 Å². The number of esters is 1. The second-order valence-corrected chi connectivity index (χ2v) is 5.68. The van der Waals surface area contributed by atoms with Crippen LogP contribution in [-0.2, 0) is 9.53 Å². The Morgan fingerprint density at radius 3 is 2.05 bits per heavy atom. The highest BCUT2D eigenvalue weighted by atomic mass is 16.5. The van der Waals surface area contributed by atoms with Gasteiger partial charge in [-0.15, -0.1) is 0 Å². The van der Waals surface area contributed by atoms with E-state index in [1.54, 1.807) is 0 Å². The van der Waals surface area contributed by atoms with Crippen molar-refractivity contribution >= 4 is 17.4 Å². The molecule has 20 heavy (non-hydrogen) atoms. The van der Waals surface area contributed by atoms with Gasteiger partial charge < -0.3 is 4.74 Å². The van der Waals surface area contributed by atoms with E-state index in [2.05, 4.69) is 37.9 Å². The fourth-order valence-electron chi connectivity index (χ4n) is 1.97. The van der Waals surface area contributed by atoms with Gasteiger partial charge in [0, 0.05) is 17.8 Å². The van der Waals surface area contributed by atoms with E-state index in [0.717, 1.165) is 30.7 Å². The highest BCUT2D eigenvalue weighted by Gasteiger charge is 2.09. The number of unbranched alkanes of at least 4 members (excludes halogenated alkanes) is 1. The Labute approximate surface area is 123 Å². The Morgan fingerprint density at radius 1 is 1.00 bits per heavy atom. The maximum atomic E-state index is 11.2. The first kappa shape index (κ1) is 18.8. The van der Waals surface area contributed by atoms with Gasteiger partial charge in [0.25, 0.3) is 0 Å². The number of rotatable bonds is 9. The van der Waals surface area contributed by atoms with Crippen LogP contribution in [-0.4, -0.2) is 24.0 Å². The average molecular weight is 282 g/mol. The van der Waals surface area contributed by atoms with Gasteiger partial charge in [-0.05, 0) is 44.9 Å². The Balaban J connectivity index is 4.14. The van der Waals surface area contributed by atoms with Gasteiger partial charge in [-0.1, -0.05) is 27.7 Å². The van der Waals surface area contributed by atoms with Crippen molar-refractivity contribution in [2.75, 3.05) is 6.61 Å². The number of ether oxygens (including phenoxy) is 1. The predicted molar refractivity (Wildman–Crippen MR) is 85.3 cm³/mol. The Morgan fingerprint density at radius 2 is 1.55 bits per heavy atom. The lowest BCUT2D eigenvalue weighted by atomic mass is 9.98. The summed E-state index contributed by atoms with van der Waals surface area (Å²) in [6, 6.07) is 0. The monoisotopic (exact) mass is 282 g/mol. The molecule has 0 aromatic rings. The highest BCUT2D eigenvalue weighted by Crippen LogP contribution is 2.09. The molecule has 116 valence electrons.